The van der Waals surface area contributed by atoms with E-state index in [2.05, 4.69) is 31.8 Å². The Morgan fingerprint density at radius 2 is 1.91 bits per heavy atom. The summed E-state index contributed by atoms with van der Waals surface area (Å²) in [5.41, 5.74) is 1.78. The van der Waals surface area contributed by atoms with Crippen molar-refractivity contribution in [1.29, 1.82) is 0 Å². The predicted octanol–water partition coefficient (Wildman–Crippen LogP) is 3.88. The molecular weight excluding hydrogens is 426 g/mol. The summed E-state index contributed by atoms with van der Waals surface area (Å²) in [5.74, 6) is 1.66. The largest absolute Gasteiger partial charge is 0.513 e. The Bertz CT molecular complexity index is 1040. The molecule has 0 bridgehead atoms. The van der Waals surface area contributed by atoms with Gasteiger partial charge in [-0.3, -0.25) is 4.79 Å². The van der Waals surface area contributed by atoms with Gasteiger partial charge in [-0.25, -0.2) is 14.8 Å². The molecule has 0 aromatic carbocycles. The van der Waals surface area contributed by atoms with Crippen LogP contribution in [0.1, 0.15) is 39.0 Å². The van der Waals surface area contributed by atoms with Crippen molar-refractivity contribution in [2.75, 3.05) is 36.4 Å². The molecule has 4 rings (SSSR count). The highest BCUT2D eigenvalue weighted by molar-refractivity contribution is 6.05. The quantitative estimate of drug-likeness (QED) is 0.650. The molecule has 0 radical (unpaired) electrons. The van der Waals surface area contributed by atoms with Gasteiger partial charge >= 0.3 is 6.16 Å². The van der Waals surface area contributed by atoms with Crippen molar-refractivity contribution in [2.24, 2.45) is 0 Å². The summed E-state index contributed by atoms with van der Waals surface area (Å²) in [6.45, 7) is 2.05. The minimum absolute atomic E-state index is 0.101. The monoisotopic (exact) mass is 455 g/mol. The zero-order chi connectivity index (χ0) is 23.5. The number of nitrogens with one attached hydrogen (secondary N) is 1. The molecule has 0 saturated heterocycles. The van der Waals surface area contributed by atoms with Crippen molar-refractivity contribution < 1.29 is 23.8 Å². The van der Waals surface area contributed by atoms with Crippen LogP contribution in [0.3, 0.4) is 0 Å². The number of carbonyl (C=O) groups is 2. The summed E-state index contributed by atoms with van der Waals surface area (Å²) in [5, 5.41) is 3.19. The highest BCUT2D eigenvalue weighted by Gasteiger charge is 2.40. The number of methoxy groups -OCH3 is 2. The molecule has 1 fully saturated rings. The summed E-state index contributed by atoms with van der Waals surface area (Å²) in [4.78, 5) is 37.2. The van der Waals surface area contributed by atoms with Gasteiger partial charge in [0.25, 0.3) is 0 Å². The van der Waals surface area contributed by atoms with Crippen molar-refractivity contribution in [3.63, 3.8) is 0 Å². The van der Waals surface area contributed by atoms with Crippen LogP contribution in [0.15, 0.2) is 24.5 Å². The normalized spacial score (nSPS) is 18.2. The fourth-order valence-electron chi connectivity index (χ4n) is 4.60. The summed E-state index contributed by atoms with van der Waals surface area (Å²) in [6, 6.07) is 3.64. The van der Waals surface area contributed by atoms with Crippen LogP contribution in [0.4, 0.5) is 27.8 Å². The van der Waals surface area contributed by atoms with E-state index in [0.29, 0.717) is 23.4 Å². The Morgan fingerprint density at radius 1 is 1.15 bits per heavy atom. The van der Waals surface area contributed by atoms with Crippen LogP contribution in [0.2, 0.25) is 0 Å². The fourth-order valence-corrected chi connectivity index (χ4v) is 4.60. The van der Waals surface area contributed by atoms with Crippen LogP contribution in [-0.4, -0.2) is 55.4 Å². The van der Waals surface area contributed by atoms with E-state index in [1.54, 1.807) is 18.1 Å². The first-order valence-electron chi connectivity index (χ1n) is 11.1. The van der Waals surface area contributed by atoms with Gasteiger partial charge in [0.1, 0.15) is 11.9 Å². The number of hydrogen-bond donors (Lipinski definition) is 1. The van der Waals surface area contributed by atoms with E-state index < -0.39 is 6.16 Å². The van der Waals surface area contributed by atoms with Gasteiger partial charge in [-0.1, -0.05) is 19.8 Å². The predicted molar refractivity (Wildman–Crippen MR) is 124 cm³/mol. The first-order chi connectivity index (χ1) is 16.0. The lowest BCUT2D eigenvalue weighted by Gasteiger charge is -2.44. The highest BCUT2D eigenvalue weighted by atomic mass is 16.7. The maximum absolute atomic E-state index is 13.0. The maximum Gasteiger partial charge on any atom is 0.513 e. The number of nitrogens with zero attached hydrogens (tertiary/aromatic N) is 4. The summed E-state index contributed by atoms with van der Waals surface area (Å²) in [6.07, 6.45) is 7.51. The van der Waals surface area contributed by atoms with Gasteiger partial charge in [0.15, 0.2) is 17.3 Å². The van der Waals surface area contributed by atoms with Crippen LogP contribution >= 0.6 is 0 Å². The summed E-state index contributed by atoms with van der Waals surface area (Å²) in [7, 11) is 4.53. The molecule has 2 aromatic heterocycles. The zero-order valence-corrected chi connectivity index (χ0v) is 19.3. The van der Waals surface area contributed by atoms with E-state index >= 15 is 0 Å². The number of anilines is 4. The standard InChI is InChI=1S/C23H29N5O5/c1-5-16-22(29)27(2)18-13-24-20(11-17(18)28(16)14-8-6-7-9-14)26-21-19(31-3)10-15(12-25-21)33-23(30)32-4/h10-14,16H,5-9H2,1-4H3,(H,24,25,26)/t16-/m1/s1. The molecule has 1 N–H and O–H groups in total. The first kappa shape index (κ1) is 22.6. The SMILES string of the molecule is CC[C@@H]1C(=O)N(C)c2cnc(Nc3ncc(OC(=O)OC)cc3OC)cc2N1C1CCCC1. The molecule has 3 heterocycles. The van der Waals surface area contributed by atoms with E-state index in [-0.39, 0.29) is 17.7 Å². The minimum Gasteiger partial charge on any atom is -0.493 e. The van der Waals surface area contributed by atoms with Crippen molar-refractivity contribution in [3.05, 3.63) is 24.5 Å². The van der Waals surface area contributed by atoms with Gasteiger partial charge in [-0.2, -0.15) is 0 Å². The van der Waals surface area contributed by atoms with E-state index in [1.807, 2.05) is 6.07 Å². The second-order valence-electron chi connectivity index (χ2n) is 8.13. The third-order valence-corrected chi connectivity index (χ3v) is 6.22. The van der Waals surface area contributed by atoms with Crippen LogP contribution in [0, 0.1) is 0 Å². The molecule has 1 aliphatic heterocycles. The third-order valence-electron chi connectivity index (χ3n) is 6.22. The van der Waals surface area contributed by atoms with Crippen molar-refractivity contribution in [2.45, 2.75) is 51.1 Å². The number of likely N-dealkylation sites (N-methyl/N-ethyl adjacent to an activating group) is 1. The second-order valence-corrected chi connectivity index (χ2v) is 8.13. The fraction of sp³-hybridized carbons (Fsp3) is 0.478. The number of rotatable bonds is 6. The number of hydrogen-bond acceptors (Lipinski definition) is 9. The molecular formula is C23H29N5O5. The van der Waals surface area contributed by atoms with Crippen molar-refractivity contribution in [1.82, 2.24) is 9.97 Å². The van der Waals surface area contributed by atoms with Crippen LogP contribution < -0.4 is 24.6 Å². The summed E-state index contributed by atoms with van der Waals surface area (Å²) >= 11 is 0. The third kappa shape index (κ3) is 4.37. The average molecular weight is 456 g/mol. The van der Waals surface area contributed by atoms with Gasteiger partial charge < -0.3 is 29.3 Å². The Labute approximate surface area is 192 Å². The molecule has 0 spiro atoms. The Hall–Kier alpha value is -3.56. The second kappa shape index (κ2) is 9.51. The lowest BCUT2D eigenvalue weighted by molar-refractivity contribution is -0.120. The van der Waals surface area contributed by atoms with Crippen LogP contribution in [0.5, 0.6) is 11.5 Å². The molecule has 10 nitrogen and oxygen atoms in total. The van der Waals surface area contributed by atoms with Crippen LogP contribution in [-0.2, 0) is 9.53 Å². The number of fused-ring (bicyclic) bond motifs is 1. The Morgan fingerprint density at radius 3 is 2.58 bits per heavy atom. The maximum atomic E-state index is 13.0. The van der Waals surface area contributed by atoms with E-state index in [0.717, 1.165) is 30.6 Å². The molecule has 0 unspecified atom stereocenters. The van der Waals surface area contributed by atoms with Gasteiger partial charge in [0.05, 0.1) is 38.0 Å². The molecule has 33 heavy (non-hydrogen) atoms. The lowest BCUT2D eigenvalue weighted by Crippen LogP contribution is -2.55. The Kier molecular flexibility index (Phi) is 6.52. The molecule has 2 aliphatic rings. The molecule has 2 aromatic rings. The minimum atomic E-state index is -0.841. The van der Waals surface area contributed by atoms with Crippen molar-refractivity contribution in [3.8, 4) is 11.5 Å². The average Bonchev–Trinajstić information content (AvgIpc) is 3.36. The number of carbonyl (C=O) groups excluding carboxylic acids is 2. The number of aromatic nitrogens is 2. The zero-order valence-electron chi connectivity index (χ0n) is 19.3. The number of ether oxygens (including phenoxy) is 3. The highest BCUT2D eigenvalue weighted by Crippen LogP contribution is 2.42. The summed E-state index contributed by atoms with van der Waals surface area (Å²) < 4.78 is 14.9. The smallest absolute Gasteiger partial charge is 0.493 e. The first-order valence-corrected chi connectivity index (χ1v) is 11.1. The number of pyridine rings is 2. The van der Waals surface area contributed by atoms with Crippen LogP contribution in [0.25, 0.3) is 0 Å². The van der Waals surface area contributed by atoms with Gasteiger partial charge in [-0.05, 0) is 19.3 Å². The van der Waals surface area contributed by atoms with Gasteiger partial charge in [0, 0.05) is 25.2 Å². The van der Waals surface area contributed by atoms with E-state index in [4.69, 9.17) is 9.47 Å². The molecule has 1 aliphatic carbocycles. The number of amides is 1. The molecule has 1 amide bonds. The topological polar surface area (TPSA) is 106 Å². The van der Waals surface area contributed by atoms with Gasteiger partial charge in [0.2, 0.25) is 5.91 Å². The molecule has 10 heteroatoms. The van der Waals surface area contributed by atoms with E-state index in [9.17, 15) is 9.59 Å². The Balaban J connectivity index is 1.67. The molecule has 176 valence electrons. The molecule has 1 atom stereocenters. The van der Waals surface area contributed by atoms with Gasteiger partial charge in [-0.15, -0.1) is 0 Å². The van der Waals surface area contributed by atoms with E-state index in [1.165, 1.54) is 39.3 Å². The lowest BCUT2D eigenvalue weighted by atomic mass is 10.0. The molecule has 1 saturated carbocycles. The van der Waals surface area contributed by atoms with Crippen molar-refractivity contribution >= 4 is 35.1 Å².